The molecule has 1 aromatic rings. The molecule has 0 aliphatic rings. The summed E-state index contributed by atoms with van der Waals surface area (Å²) in [6, 6.07) is 6.60. The van der Waals surface area contributed by atoms with Crippen molar-refractivity contribution in [3.8, 4) is 0 Å². The third-order valence-electron chi connectivity index (χ3n) is 2.09. The molecule has 82 valence electrons. The average molecular weight is 228 g/mol. The third-order valence-corrected chi connectivity index (χ3v) is 2.96. The second-order valence-corrected chi connectivity index (χ2v) is 4.61. The fourth-order valence-electron chi connectivity index (χ4n) is 1.17. The van der Waals surface area contributed by atoms with Crippen molar-refractivity contribution in [2.75, 3.05) is 5.75 Å². The SMILES string of the molecule is CCSc1cccc(C(C)(F)C(=O)O)c1. The minimum Gasteiger partial charge on any atom is -0.479 e. The van der Waals surface area contributed by atoms with E-state index in [9.17, 15) is 9.18 Å². The Labute approximate surface area is 92.5 Å². The maximum absolute atomic E-state index is 13.8. The van der Waals surface area contributed by atoms with Gasteiger partial charge in [-0.2, -0.15) is 0 Å². The first-order valence-electron chi connectivity index (χ1n) is 4.64. The van der Waals surface area contributed by atoms with Crippen LogP contribution < -0.4 is 0 Å². The Morgan fingerprint density at radius 2 is 2.27 bits per heavy atom. The molecule has 0 bridgehead atoms. The van der Waals surface area contributed by atoms with Gasteiger partial charge in [0.2, 0.25) is 5.67 Å². The average Bonchev–Trinajstić information content (AvgIpc) is 2.18. The van der Waals surface area contributed by atoms with Crippen LogP contribution in [0.4, 0.5) is 4.39 Å². The van der Waals surface area contributed by atoms with Crippen molar-refractivity contribution < 1.29 is 14.3 Å². The van der Waals surface area contributed by atoms with Gasteiger partial charge >= 0.3 is 5.97 Å². The fourth-order valence-corrected chi connectivity index (χ4v) is 1.89. The van der Waals surface area contributed by atoms with Gasteiger partial charge in [0, 0.05) is 10.5 Å². The lowest BCUT2D eigenvalue weighted by Crippen LogP contribution is -2.26. The van der Waals surface area contributed by atoms with E-state index >= 15 is 0 Å². The van der Waals surface area contributed by atoms with Gasteiger partial charge in [0.1, 0.15) is 0 Å². The molecule has 1 aromatic carbocycles. The second-order valence-electron chi connectivity index (χ2n) is 3.27. The summed E-state index contributed by atoms with van der Waals surface area (Å²) in [5.41, 5.74) is -2.13. The van der Waals surface area contributed by atoms with Gasteiger partial charge in [-0.05, 0) is 24.8 Å². The highest BCUT2D eigenvalue weighted by Crippen LogP contribution is 2.29. The zero-order valence-electron chi connectivity index (χ0n) is 8.66. The van der Waals surface area contributed by atoms with Crippen LogP contribution in [0.25, 0.3) is 0 Å². The molecule has 0 heterocycles. The van der Waals surface area contributed by atoms with Gasteiger partial charge < -0.3 is 5.11 Å². The van der Waals surface area contributed by atoms with Crippen LogP contribution in [-0.2, 0) is 10.5 Å². The van der Waals surface area contributed by atoms with Gasteiger partial charge in [-0.25, -0.2) is 9.18 Å². The summed E-state index contributed by atoms with van der Waals surface area (Å²) < 4.78 is 13.8. The number of halogens is 1. The van der Waals surface area contributed by atoms with Gasteiger partial charge in [0.15, 0.2) is 0 Å². The molecule has 1 unspecified atom stereocenters. The lowest BCUT2D eigenvalue weighted by atomic mass is 9.98. The molecule has 0 aliphatic heterocycles. The number of carboxylic acid groups (broad SMARTS) is 1. The number of rotatable bonds is 4. The summed E-state index contributed by atoms with van der Waals surface area (Å²) in [5.74, 6) is -0.583. The Bertz CT molecular complexity index is 363. The van der Waals surface area contributed by atoms with E-state index in [0.717, 1.165) is 17.6 Å². The monoisotopic (exact) mass is 228 g/mol. The minimum absolute atomic E-state index is 0.188. The number of aliphatic carboxylic acids is 1. The van der Waals surface area contributed by atoms with E-state index in [-0.39, 0.29) is 5.56 Å². The molecular formula is C11H13FO2S. The number of carbonyl (C=O) groups is 1. The number of carboxylic acids is 1. The van der Waals surface area contributed by atoms with Gasteiger partial charge in [0.25, 0.3) is 0 Å². The molecule has 1 atom stereocenters. The van der Waals surface area contributed by atoms with E-state index in [1.54, 1.807) is 23.9 Å². The normalized spacial score (nSPS) is 14.6. The molecule has 1 N–H and O–H groups in total. The highest BCUT2D eigenvalue weighted by Gasteiger charge is 2.34. The fraction of sp³-hybridized carbons (Fsp3) is 0.364. The van der Waals surface area contributed by atoms with Crippen LogP contribution in [0.3, 0.4) is 0 Å². The maximum Gasteiger partial charge on any atom is 0.345 e. The summed E-state index contributed by atoms with van der Waals surface area (Å²) in [5, 5.41) is 8.73. The highest BCUT2D eigenvalue weighted by molar-refractivity contribution is 7.99. The van der Waals surface area contributed by atoms with Gasteiger partial charge in [0.05, 0.1) is 0 Å². The molecule has 0 saturated heterocycles. The van der Waals surface area contributed by atoms with Crippen LogP contribution in [0.15, 0.2) is 29.2 Å². The van der Waals surface area contributed by atoms with Crippen molar-refractivity contribution in [2.24, 2.45) is 0 Å². The van der Waals surface area contributed by atoms with Crippen molar-refractivity contribution in [1.82, 2.24) is 0 Å². The standard InChI is InChI=1S/C11H13FO2S/c1-3-15-9-6-4-5-8(7-9)11(2,12)10(13)14/h4-7H,3H2,1-2H3,(H,13,14). The van der Waals surface area contributed by atoms with Crippen LogP contribution >= 0.6 is 11.8 Å². The molecule has 0 saturated carbocycles. The van der Waals surface area contributed by atoms with Crippen molar-refractivity contribution in [3.05, 3.63) is 29.8 Å². The van der Waals surface area contributed by atoms with Gasteiger partial charge in [-0.1, -0.05) is 19.1 Å². The first-order valence-corrected chi connectivity index (χ1v) is 5.62. The highest BCUT2D eigenvalue weighted by atomic mass is 32.2. The van der Waals surface area contributed by atoms with Gasteiger partial charge in [-0.15, -0.1) is 11.8 Å². The molecule has 0 aromatic heterocycles. The predicted octanol–water partition coefficient (Wildman–Crippen LogP) is 3.07. The van der Waals surface area contributed by atoms with Crippen LogP contribution in [0.5, 0.6) is 0 Å². The van der Waals surface area contributed by atoms with Crippen molar-refractivity contribution in [2.45, 2.75) is 24.4 Å². The maximum atomic E-state index is 13.8. The van der Waals surface area contributed by atoms with Crippen molar-refractivity contribution >= 4 is 17.7 Å². The topological polar surface area (TPSA) is 37.3 Å². The lowest BCUT2D eigenvalue weighted by molar-refractivity contribution is -0.150. The Kier molecular flexibility index (Phi) is 3.74. The number of hydrogen-bond donors (Lipinski definition) is 1. The first-order chi connectivity index (χ1) is 6.98. The van der Waals surface area contributed by atoms with E-state index in [2.05, 4.69) is 0 Å². The summed E-state index contributed by atoms with van der Waals surface area (Å²) in [7, 11) is 0. The Morgan fingerprint density at radius 3 is 2.80 bits per heavy atom. The number of hydrogen-bond acceptors (Lipinski definition) is 2. The van der Waals surface area contributed by atoms with Crippen LogP contribution in [0.2, 0.25) is 0 Å². The molecule has 1 rings (SSSR count). The molecule has 15 heavy (non-hydrogen) atoms. The Hall–Kier alpha value is -1.03. The largest absolute Gasteiger partial charge is 0.479 e. The summed E-state index contributed by atoms with van der Waals surface area (Å²) in [6.07, 6.45) is 0. The van der Waals surface area contributed by atoms with E-state index in [4.69, 9.17) is 5.11 Å². The second kappa shape index (κ2) is 4.66. The van der Waals surface area contributed by atoms with E-state index in [1.807, 2.05) is 13.0 Å². The molecule has 2 nitrogen and oxygen atoms in total. The number of benzene rings is 1. The predicted molar refractivity (Wildman–Crippen MR) is 58.9 cm³/mol. The quantitative estimate of drug-likeness (QED) is 0.805. The number of thioether (sulfide) groups is 1. The van der Waals surface area contributed by atoms with Crippen LogP contribution in [0.1, 0.15) is 19.4 Å². The summed E-state index contributed by atoms with van der Waals surface area (Å²) >= 11 is 1.56. The van der Waals surface area contributed by atoms with Crippen molar-refractivity contribution in [3.63, 3.8) is 0 Å². The van der Waals surface area contributed by atoms with Crippen molar-refractivity contribution in [1.29, 1.82) is 0 Å². The zero-order chi connectivity index (χ0) is 11.5. The smallest absolute Gasteiger partial charge is 0.345 e. The molecule has 4 heteroatoms. The molecule has 0 fully saturated rings. The lowest BCUT2D eigenvalue weighted by Gasteiger charge is -2.15. The molecular weight excluding hydrogens is 215 g/mol. The number of alkyl halides is 1. The molecule has 0 spiro atoms. The van der Waals surface area contributed by atoms with Gasteiger partial charge in [-0.3, -0.25) is 0 Å². The molecule has 0 radical (unpaired) electrons. The zero-order valence-corrected chi connectivity index (χ0v) is 9.47. The Morgan fingerprint density at radius 1 is 1.60 bits per heavy atom. The molecule has 0 amide bonds. The molecule has 0 aliphatic carbocycles. The van der Waals surface area contributed by atoms with Crippen LogP contribution in [-0.4, -0.2) is 16.8 Å². The van der Waals surface area contributed by atoms with E-state index in [1.165, 1.54) is 6.07 Å². The van der Waals surface area contributed by atoms with E-state index in [0.29, 0.717) is 0 Å². The van der Waals surface area contributed by atoms with E-state index < -0.39 is 11.6 Å². The third kappa shape index (κ3) is 2.72. The Balaban J connectivity index is 3.04. The summed E-state index contributed by atoms with van der Waals surface area (Å²) in [4.78, 5) is 11.6. The van der Waals surface area contributed by atoms with Crippen LogP contribution in [0, 0.1) is 0 Å². The first kappa shape index (κ1) is 12.0. The minimum atomic E-state index is -2.32. The summed E-state index contributed by atoms with van der Waals surface area (Å²) in [6.45, 7) is 3.05.